The first-order chi connectivity index (χ1) is 6.50. The molecule has 0 aliphatic heterocycles. The lowest BCUT2D eigenvalue weighted by atomic mass is 10.3. The van der Waals surface area contributed by atoms with E-state index in [4.69, 9.17) is 0 Å². The predicted octanol–water partition coefficient (Wildman–Crippen LogP) is 1.73. The van der Waals surface area contributed by atoms with Crippen molar-refractivity contribution in [2.75, 3.05) is 0 Å². The molecule has 0 aliphatic rings. The molecule has 0 fully saturated rings. The molecule has 1 aromatic heterocycles. The smallest absolute Gasteiger partial charge is 0.0628 e. The molecule has 1 heterocycles. The number of aromatic nitrogens is 2. The van der Waals surface area contributed by atoms with Crippen LogP contribution in [0.2, 0.25) is 0 Å². The lowest BCUT2D eigenvalue weighted by Crippen LogP contribution is -2.15. The van der Waals surface area contributed by atoms with Gasteiger partial charge in [0.25, 0.3) is 0 Å². The Balaban J connectivity index is 2.49. The molecule has 1 aromatic rings. The van der Waals surface area contributed by atoms with Gasteiger partial charge in [-0.3, -0.25) is 4.68 Å². The van der Waals surface area contributed by atoms with E-state index in [1.807, 2.05) is 32.5 Å². The van der Waals surface area contributed by atoms with Gasteiger partial charge in [0.15, 0.2) is 0 Å². The number of hydrogen-bond acceptors (Lipinski definition) is 3. The maximum atomic E-state index is 9.33. The summed E-state index contributed by atoms with van der Waals surface area (Å²) in [5.74, 6) is 0.906. The van der Waals surface area contributed by atoms with Crippen molar-refractivity contribution in [3.05, 3.63) is 17.5 Å². The minimum atomic E-state index is -0.255. The molecule has 0 saturated heterocycles. The zero-order chi connectivity index (χ0) is 10.7. The van der Waals surface area contributed by atoms with Gasteiger partial charge in [0.2, 0.25) is 0 Å². The largest absolute Gasteiger partial charge is 0.392 e. The number of hydrogen-bond donors (Lipinski definition) is 1. The van der Waals surface area contributed by atoms with Gasteiger partial charge < -0.3 is 5.11 Å². The molecule has 0 bridgehead atoms. The molecule has 0 spiro atoms. The lowest BCUT2D eigenvalue weighted by Gasteiger charge is -2.13. The first-order valence-corrected chi connectivity index (χ1v) is 5.84. The van der Waals surface area contributed by atoms with E-state index in [0.29, 0.717) is 0 Å². The van der Waals surface area contributed by atoms with Crippen LogP contribution >= 0.6 is 11.8 Å². The van der Waals surface area contributed by atoms with Gasteiger partial charge in [-0.25, -0.2) is 0 Å². The monoisotopic (exact) mass is 214 g/mol. The fourth-order valence-electron chi connectivity index (χ4n) is 1.16. The Bertz CT molecular complexity index is 296. The van der Waals surface area contributed by atoms with Crippen LogP contribution in [0.25, 0.3) is 0 Å². The van der Waals surface area contributed by atoms with Gasteiger partial charge in [-0.1, -0.05) is 6.92 Å². The fourth-order valence-corrected chi connectivity index (χ4v) is 2.14. The molecule has 80 valence electrons. The average Bonchev–Trinajstić information content (AvgIpc) is 2.40. The summed E-state index contributed by atoms with van der Waals surface area (Å²) in [5, 5.41) is 13.9. The average molecular weight is 214 g/mol. The summed E-state index contributed by atoms with van der Waals surface area (Å²) in [4.78, 5) is 0. The lowest BCUT2D eigenvalue weighted by molar-refractivity contribution is 0.196. The summed E-state index contributed by atoms with van der Waals surface area (Å²) < 4.78 is 1.90. The van der Waals surface area contributed by atoms with Gasteiger partial charge in [-0.05, 0) is 19.9 Å². The van der Waals surface area contributed by atoms with E-state index >= 15 is 0 Å². The van der Waals surface area contributed by atoms with Crippen LogP contribution in [-0.2, 0) is 12.8 Å². The fraction of sp³-hybridized carbons (Fsp3) is 0.700. The van der Waals surface area contributed by atoms with Crippen molar-refractivity contribution in [1.82, 2.24) is 9.78 Å². The number of aryl methyl sites for hydroxylation is 2. The Labute approximate surface area is 89.5 Å². The Hall–Kier alpha value is -0.480. The maximum Gasteiger partial charge on any atom is 0.0628 e. The third-order valence-corrected chi connectivity index (χ3v) is 3.65. The molecule has 1 rings (SSSR count). The van der Waals surface area contributed by atoms with Crippen molar-refractivity contribution in [3.8, 4) is 0 Å². The van der Waals surface area contributed by atoms with Crippen molar-refractivity contribution in [2.45, 2.75) is 37.9 Å². The Kier molecular flexibility index (Phi) is 4.01. The summed E-state index contributed by atoms with van der Waals surface area (Å²) in [6.07, 6.45) is -0.255. The molecule has 3 nitrogen and oxygen atoms in total. The van der Waals surface area contributed by atoms with Crippen LogP contribution in [0.5, 0.6) is 0 Å². The van der Waals surface area contributed by atoms with E-state index in [-0.39, 0.29) is 11.4 Å². The molecule has 2 atom stereocenters. The van der Waals surface area contributed by atoms with Gasteiger partial charge in [0.1, 0.15) is 0 Å². The van der Waals surface area contributed by atoms with E-state index in [1.165, 1.54) is 5.69 Å². The van der Waals surface area contributed by atoms with Crippen molar-refractivity contribution in [2.24, 2.45) is 7.05 Å². The van der Waals surface area contributed by atoms with Crippen LogP contribution in [0.3, 0.4) is 0 Å². The van der Waals surface area contributed by atoms with E-state index < -0.39 is 0 Å². The van der Waals surface area contributed by atoms with Crippen molar-refractivity contribution in [1.29, 1.82) is 0 Å². The Morgan fingerprint density at radius 3 is 2.64 bits per heavy atom. The standard InChI is InChI=1S/C10H18N2OS/c1-7-5-10(12(4)11-7)6-14-9(3)8(2)13/h5,8-9,13H,6H2,1-4H3. The quantitative estimate of drug-likeness (QED) is 0.829. The molecule has 0 saturated carbocycles. The number of rotatable bonds is 4. The van der Waals surface area contributed by atoms with Gasteiger partial charge in [0.05, 0.1) is 11.8 Å². The van der Waals surface area contributed by atoms with Gasteiger partial charge >= 0.3 is 0 Å². The maximum absolute atomic E-state index is 9.33. The van der Waals surface area contributed by atoms with E-state index in [1.54, 1.807) is 11.8 Å². The number of nitrogens with zero attached hydrogens (tertiary/aromatic N) is 2. The zero-order valence-electron chi connectivity index (χ0n) is 9.19. The van der Waals surface area contributed by atoms with Crippen LogP contribution in [0.1, 0.15) is 25.2 Å². The van der Waals surface area contributed by atoms with Gasteiger partial charge in [0, 0.05) is 23.7 Å². The number of aliphatic hydroxyl groups is 1. The SMILES string of the molecule is Cc1cc(CSC(C)C(C)O)n(C)n1. The molecule has 2 unspecified atom stereocenters. The van der Waals surface area contributed by atoms with Crippen LogP contribution in [-0.4, -0.2) is 26.2 Å². The normalized spacial score (nSPS) is 15.5. The molecule has 0 amide bonds. The zero-order valence-corrected chi connectivity index (χ0v) is 10.0. The van der Waals surface area contributed by atoms with E-state index in [2.05, 4.69) is 11.2 Å². The number of thioether (sulfide) groups is 1. The highest BCUT2D eigenvalue weighted by Gasteiger charge is 2.10. The minimum absolute atomic E-state index is 0.255. The van der Waals surface area contributed by atoms with Gasteiger partial charge in [-0.2, -0.15) is 5.10 Å². The molecular formula is C10H18N2OS. The van der Waals surface area contributed by atoms with Gasteiger partial charge in [-0.15, -0.1) is 11.8 Å². The Morgan fingerprint density at radius 1 is 1.57 bits per heavy atom. The summed E-state index contributed by atoms with van der Waals surface area (Å²) in [6.45, 7) is 5.86. The predicted molar refractivity (Wildman–Crippen MR) is 60.4 cm³/mol. The van der Waals surface area contributed by atoms with E-state index in [9.17, 15) is 5.11 Å². The van der Waals surface area contributed by atoms with Crippen molar-refractivity contribution in [3.63, 3.8) is 0 Å². The molecule has 0 aromatic carbocycles. The second-order valence-corrected chi connectivity index (χ2v) is 5.02. The van der Waals surface area contributed by atoms with E-state index in [0.717, 1.165) is 11.4 Å². The molecular weight excluding hydrogens is 196 g/mol. The van der Waals surface area contributed by atoms with Crippen LogP contribution in [0.4, 0.5) is 0 Å². The molecule has 1 N–H and O–H groups in total. The van der Waals surface area contributed by atoms with Crippen LogP contribution in [0.15, 0.2) is 6.07 Å². The second-order valence-electron chi connectivity index (χ2n) is 3.66. The first kappa shape index (κ1) is 11.6. The summed E-state index contributed by atoms with van der Waals surface area (Å²) in [6, 6.07) is 2.09. The summed E-state index contributed by atoms with van der Waals surface area (Å²) in [7, 11) is 1.95. The molecule has 0 radical (unpaired) electrons. The molecule has 4 heteroatoms. The minimum Gasteiger partial charge on any atom is -0.392 e. The Morgan fingerprint density at radius 2 is 2.21 bits per heavy atom. The highest BCUT2D eigenvalue weighted by atomic mass is 32.2. The number of aliphatic hydroxyl groups excluding tert-OH is 1. The highest BCUT2D eigenvalue weighted by molar-refractivity contribution is 7.99. The molecule has 14 heavy (non-hydrogen) atoms. The topological polar surface area (TPSA) is 38.0 Å². The highest BCUT2D eigenvalue weighted by Crippen LogP contribution is 2.20. The second kappa shape index (κ2) is 4.84. The third kappa shape index (κ3) is 3.03. The van der Waals surface area contributed by atoms with Crippen LogP contribution < -0.4 is 0 Å². The third-order valence-electron chi connectivity index (χ3n) is 2.27. The first-order valence-electron chi connectivity index (χ1n) is 4.80. The van der Waals surface area contributed by atoms with Crippen LogP contribution in [0, 0.1) is 6.92 Å². The molecule has 0 aliphatic carbocycles. The van der Waals surface area contributed by atoms with Crippen molar-refractivity contribution >= 4 is 11.8 Å². The van der Waals surface area contributed by atoms with Crippen molar-refractivity contribution < 1.29 is 5.11 Å². The summed E-state index contributed by atoms with van der Waals surface area (Å²) >= 11 is 1.75. The summed E-state index contributed by atoms with van der Waals surface area (Å²) in [5.41, 5.74) is 2.26.